The van der Waals surface area contributed by atoms with Crippen molar-refractivity contribution in [3.05, 3.63) is 64.4 Å². The number of rotatable bonds is 4. The zero-order valence-corrected chi connectivity index (χ0v) is 14.4. The predicted octanol–water partition coefficient (Wildman–Crippen LogP) is 3.93. The molecule has 1 fully saturated rings. The topological polar surface area (TPSA) is 53.4 Å². The van der Waals surface area contributed by atoms with Crippen LogP contribution in [0.5, 0.6) is 0 Å². The van der Waals surface area contributed by atoms with Gasteiger partial charge >= 0.3 is 5.97 Å². The molecule has 24 heavy (non-hydrogen) atoms. The molecule has 1 aliphatic rings. The van der Waals surface area contributed by atoms with Crippen molar-refractivity contribution in [1.29, 1.82) is 0 Å². The molecule has 4 nitrogen and oxygen atoms in total. The van der Waals surface area contributed by atoms with Gasteiger partial charge < -0.3 is 5.11 Å². The summed E-state index contributed by atoms with van der Waals surface area (Å²) in [5.41, 5.74) is 3.33. The minimum Gasteiger partial charge on any atom is -0.481 e. The lowest BCUT2D eigenvalue weighted by Gasteiger charge is -2.38. The van der Waals surface area contributed by atoms with Gasteiger partial charge in [-0.15, -0.1) is 0 Å². The number of hydrogen-bond donors (Lipinski definition) is 1. The van der Waals surface area contributed by atoms with Gasteiger partial charge in [0.25, 0.3) is 0 Å². The molecule has 1 aromatic carbocycles. The van der Waals surface area contributed by atoms with E-state index in [9.17, 15) is 9.90 Å². The Balaban J connectivity index is 2.02. The average molecular weight is 345 g/mol. The molecule has 1 saturated heterocycles. The summed E-state index contributed by atoms with van der Waals surface area (Å²) in [5, 5.41) is 10.1. The van der Waals surface area contributed by atoms with E-state index in [1.54, 1.807) is 6.20 Å². The number of aryl methyl sites for hydroxylation is 1. The van der Waals surface area contributed by atoms with Crippen molar-refractivity contribution in [2.24, 2.45) is 5.92 Å². The van der Waals surface area contributed by atoms with E-state index in [1.807, 2.05) is 37.4 Å². The number of halogens is 1. The van der Waals surface area contributed by atoms with Gasteiger partial charge in [0, 0.05) is 24.0 Å². The van der Waals surface area contributed by atoms with Crippen LogP contribution in [-0.2, 0) is 4.79 Å². The van der Waals surface area contributed by atoms with E-state index >= 15 is 0 Å². The van der Waals surface area contributed by atoms with Crippen LogP contribution in [0.1, 0.15) is 35.6 Å². The fourth-order valence-electron chi connectivity index (χ4n) is 3.50. The highest BCUT2D eigenvalue weighted by Crippen LogP contribution is 2.34. The lowest BCUT2D eigenvalue weighted by Crippen LogP contribution is -2.41. The van der Waals surface area contributed by atoms with Crippen LogP contribution in [0.15, 0.2) is 42.7 Å². The molecule has 2 aromatic rings. The average Bonchev–Trinajstić information content (AvgIpc) is 2.57. The van der Waals surface area contributed by atoms with Gasteiger partial charge in [0.15, 0.2) is 0 Å². The number of benzene rings is 1. The van der Waals surface area contributed by atoms with Gasteiger partial charge in [0.1, 0.15) is 0 Å². The van der Waals surface area contributed by atoms with Gasteiger partial charge in [-0.25, -0.2) is 0 Å². The molecule has 0 radical (unpaired) electrons. The number of carbonyl (C=O) groups is 1. The van der Waals surface area contributed by atoms with Crippen molar-refractivity contribution in [3.63, 3.8) is 0 Å². The molecule has 2 heterocycles. The van der Waals surface area contributed by atoms with Crippen molar-refractivity contribution in [2.45, 2.75) is 25.8 Å². The van der Waals surface area contributed by atoms with Gasteiger partial charge in [0.2, 0.25) is 0 Å². The summed E-state index contributed by atoms with van der Waals surface area (Å²) >= 11 is 6.21. The maximum atomic E-state index is 11.5. The van der Waals surface area contributed by atoms with Crippen LogP contribution < -0.4 is 0 Å². The van der Waals surface area contributed by atoms with E-state index in [4.69, 9.17) is 11.6 Å². The summed E-state index contributed by atoms with van der Waals surface area (Å²) < 4.78 is 0. The van der Waals surface area contributed by atoms with E-state index in [0.717, 1.165) is 36.1 Å². The van der Waals surface area contributed by atoms with Crippen molar-refractivity contribution >= 4 is 17.6 Å². The summed E-state index contributed by atoms with van der Waals surface area (Å²) in [6.07, 6.45) is 5.27. The first kappa shape index (κ1) is 16.9. The Morgan fingerprint density at radius 3 is 2.96 bits per heavy atom. The van der Waals surface area contributed by atoms with E-state index in [2.05, 4.69) is 16.0 Å². The molecular weight excluding hydrogens is 324 g/mol. The van der Waals surface area contributed by atoms with Crippen LogP contribution in [0, 0.1) is 12.8 Å². The van der Waals surface area contributed by atoms with Crippen LogP contribution in [0.25, 0.3) is 0 Å². The van der Waals surface area contributed by atoms with Crippen LogP contribution in [-0.4, -0.2) is 34.0 Å². The number of piperidine rings is 1. The molecule has 0 amide bonds. The van der Waals surface area contributed by atoms with Crippen LogP contribution in [0.3, 0.4) is 0 Å². The molecule has 0 aliphatic carbocycles. The third-order valence-corrected chi connectivity index (χ3v) is 4.92. The minimum atomic E-state index is -0.712. The molecule has 0 bridgehead atoms. The van der Waals surface area contributed by atoms with E-state index in [1.165, 1.54) is 0 Å². The SMILES string of the molecule is Cc1cnccc1C(c1cccc(Cl)c1)N1CCCC(C(=O)O)C1. The zero-order chi connectivity index (χ0) is 17.1. The van der Waals surface area contributed by atoms with E-state index < -0.39 is 5.97 Å². The van der Waals surface area contributed by atoms with Crippen molar-refractivity contribution in [2.75, 3.05) is 13.1 Å². The first-order valence-corrected chi connectivity index (χ1v) is 8.57. The van der Waals surface area contributed by atoms with E-state index in [-0.39, 0.29) is 12.0 Å². The number of likely N-dealkylation sites (tertiary alicyclic amines) is 1. The number of aromatic nitrogens is 1. The predicted molar refractivity (Wildman–Crippen MR) is 94.2 cm³/mol. The van der Waals surface area contributed by atoms with Crippen LogP contribution in [0.4, 0.5) is 0 Å². The van der Waals surface area contributed by atoms with Crippen molar-refractivity contribution < 1.29 is 9.90 Å². The number of carboxylic acid groups (broad SMARTS) is 1. The Hall–Kier alpha value is -1.91. The third-order valence-electron chi connectivity index (χ3n) is 4.69. The highest BCUT2D eigenvalue weighted by Gasteiger charge is 2.31. The molecule has 0 saturated carbocycles. The van der Waals surface area contributed by atoms with Gasteiger partial charge in [-0.1, -0.05) is 23.7 Å². The minimum absolute atomic E-state index is 0.00569. The Bertz CT molecular complexity index is 735. The standard InChI is InChI=1S/C19H21ClN2O2/c1-13-11-21-8-7-17(13)18(14-4-2-6-16(20)10-14)22-9-3-5-15(12-22)19(23)24/h2,4,6-8,10-11,15,18H,3,5,9,12H2,1H3,(H,23,24). The maximum absolute atomic E-state index is 11.5. The summed E-state index contributed by atoms with van der Waals surface area (Å²) in [5.74, 6) is -1.03. The number of pyridine rings is 1. The molecule has 1 N–H and O–H groups in total. The first-order chi connectivity index (χ1) is 11.6. The number of carboxylic acids is 1. The Labute approximate surface area is 147 Å². The molecular formula is C19H21ClN2O2. The molecule has 1 aliphatic heterocycles. The largest absolute Gasteiger partial charge is 0.481 e. The number of nitrogens with zero attached hydrogens (tertiary/aromatic N) is 2. The number of hydrogen-bond acceptors (Lipinski definition) is 3. The van der Waals surface area contributed by atoms with E-state index in [0.29, 0.717) is 11.6 Å². The quantitative estimate of drug-likeness (QED) is 0.913. The maximum Gasteiger partial charge on any atom is 0.307 e. The molecule has 2 unspecified atom stereocenters. The lowest BCUT2D eigenvalue weighted by atomic mass is 9.90. The van der Waals surface area contributed by atoms with Gasteiger partial charge in [-0.2, -0.15) is 0 Å². The number of aliphatic carboxylic acids is 1. The van der Waals surface area contributed by atoms with Crippen molar-refractivity contribution in [1.82, 2.24) is 9.88 Å². The molecule has 2 atom stereocenters. The van der Waals surface area contributed by atoms with Crippen LogP contribution in [0.2, 0.25) is 5.02 Å². The second-order valence-corrected chi connectivity index (χ2v) is 6.80. The van der Waals surface area contributed by atoms with Gasteiger partial charge in [-0.3, -0.25) is 14.7 Å². The highest BCUT2D eigenvalue weighted by atomic mass is 35.5. The molecule has 126 valence electrons. The molecule has 3 rings (SSSR count). The molecule has 1 aromatic heterocycles. The van der Waals surface area contributed by atoms with Crippen LogP contribution >= 0.6 is 11.6 Å². The Morgan fingerprint density at radius 2 is 2.25 bits per heavy atom. The molecule has 5 heteroatoms. The second-order valence-electron chi connectivity index (χ2n) is 6.36. The Kier molecular flexibility index (Phi) is 5.17. The first-order valence-electron chi connectivity index (χ1n) is 8.19. The fourth-order valence-corrected chi connectivity index (χ4v) is 3.70. The monoisotopic (exact) mass is 344 g/mol. The highest BCUT2D eigenvalue weighted by molar-refractivity contribution is 6.30. The normalized spacial score (nSPS) is 19.8. The Morgan fingerprint density at radius 1 is 1.42 bits per heavy atom. The van der Waals surface area contributed by atoms with Gasteiger partial charge in [0.05, 0.1) is 12.0 Å². The van der Waals surface area contributed by atoms with Gasteiger partial charge in [-0.05, 0) is 61.2 Å². The lowest BCUT2D eigenvalue weighted by molar-refractivity contribution is -0.143. The summed E-state index contributed by atoms with van der Waals surface area (Å²) in [4.78, 5) is 17.9. The summed E-state index contributed by atoms with van der Waals surface area (Å²) in [6.45, 7) is 3.47. The summed E-state index contributed by atoms with van der Waals surface area (Å²) in [7, 11) is 0. The third kappa shape index (κ3) is 3.60. The van der Waals surface area contributed by atoms with Crippen molar-refractivity contribution in [3.8, 4) is 0 Å². The zero-order valence-electron chi connectivity index (χ0n) is 13.7. The fraction of sp³-hybridized carbons (Fsp3) is 0.368. The smallest absolute Gasteiger partial charge is 0.307 e. The second kappa shape index (κ2) is 7.32. The summed E-state index contributed by atoms with van der Waals surface area (Å²) in [6, 6.07) is 9.84. The molecule has 0 spiro atoms.